The normalized spacial score (nSPS) is 11.6. The van der Waals surface area contributed by atoms with Crippen LogP contribution in [0.5, 0.6) is 0 Å². The zero-order valence-corrected chi connectivity index (χ0v) is 15.5. The molecule has 0 aliphatic carbocycles. The average molecular weight is 380 g/mol. The van der Waals surface area contributed by atoms with E-state index in [4.69, 9.17) is 0 Å². The van der Waals surface area contributed by atoms with E-state index >= 15 is 0 Å². The van der Waals surface area contributed by atoms with E-state index in [1.165, 1.54) is 16.7 Å². The third-order valence-electron chi connectivity index (χ3n) is 4.36. The minimum atomic E-state index is -0.361. The third kappa shape index (κ3) is 3.04. The van der Waals surface area contributed by atoms with E-state index in [0.29, 0.717) is 0 Å². The van der Waals surface area contributed by atoms with E-state index < -0.39 is 0 Å². The maximum Gasteiger partial charge on any atom is 0.107 e. The molecule has 3 aromatic rings. The minimum Gasteiger partial charge on any atom is -0.223 e. The Bertz CT molecular complexity index is 644. The average Bonchev–Trinajstić information content (AvgIpc) is 2.65. The van der Waals surface area contributed by atoms with Crippen molar-refractivity contribution in [1.82, 2.24) is 3.93 Å². The Morgan fingerprint density at radius 2 is 1.00 bits per heavy atom. The van der Waals surface area contributed by atoms with Crippen LogP contribution in [0.2, 0.25) is 0 Å². The molecule has 0 spiro atoms. The number of benzene rings is 3. The summed E-state index contributed by atoms with van der Waals surface area (Å²) in [7, 11) is 0. The monoisotopic (exact) mass is 379 g/mol. The SMILES string of the molecule is CCCN(Br)C(c1ccccc1)(c1ccccc1)c1ccccc1. The summed E-state index contributed by atoms with van der Waals surface area (Å²) >= 11 is 3.91. The quantitative estimate of drug-likeness (QED) is 0.374. The molecule has 122 valence electrons. The molecule has 0 fully saturated rings. The smallest absolute Gasteiger partial charge is 0.107 e. The van der Waals surface area contributed by atoms with Crippen molar-refractivity contribution in [3.63, 3.8) is 0 Å². The highest BCUT2D eigenvalue weighted by atomic mass is 79.9. The Morgan fingerprint density at radius 1 is 0.667 bits per heavy atom. The Labute approximate surface area is 153 Å². The summed E-state index contributed by atoms with van der Waals surface area (Å²) in [6.07, 6.45) is 1.07. The van der Waals surface area contributed by atoms with Crippen molar-refractivity contribution in [2.75, 3.05) is 6.54 Å². The van der Waals surface area contributed by atoms with Crippen molar-refractivity contribution in [3.8, 4) is 0 Å². The van der Waals surface area contributed by atoms with Gasteiger partial charge in [-0.15, -0.1) is 0 Å². The van der Waals surface area contributed by atoms with Gasteiger partial charge in [0.1, 0.15) is 5.54 Å². The summed E-state index contributed by atoms with van der Waals surface area (Å²) in [5, 5.41) is 0. The molecule has 3 aromatic carbocycles. The maximum atomic E-state index is 3.91. The van der Waals surface area contributed by atoms with Crippen molar-refractivity contribution < 1.29 is 0 Å². The Kier molecular flexibility index (Phi) is 5.49. The second-order valence-corrected chi connectivity index (χ2v) is 6.75. The molecule has 0 aromatic heterocycles. The van der Waals surface area contributed by atoms with E-state index in [1.54, 1.807) is 0 Å². The van der Waals surface area contributed by atoms with Crippen LogP contribution in [0.4, 0.5) is 0 Å². The van der Waals surface area contributed by atoms with Gasteiger partial charge in [-0.3, -0.25) is 0 Å². The molecule has 0 saturated carbocycles. The van der Waals surface area contributed by atoms with E-state index in [1.807, 2.05) is 0 Å². The lowest BCUT2D eigenvalue weighted by Crippen LogP contribution is -2.43. The lowest BCUT2D eigenvalue weighted by atomic mass is 9.77. The van der Waals surface area contributed by atoms with Crippen molar-refractivity contribution in [3.05, 3.63) is 108 Å². The van der Waals surface area contributed by atoms with Crippen LogP contribution in [0.15, 0.2) is 91.0 Å². The zero-order chi connectivity index (χ0) is 16.8. The van der Waals surface area contributed by atoms with Gasteiger partial charge in [0.05, 0.1) is 0 Å². The van der Waals surface area contributed by atoms with Gasteiger partial charge in [-0.2, -0.15) is 0 Å². The molecule has 0 saturated heterocycles. The number of halogens is 1. The Hall–Kier alpha value is -1.90. The largest absolute Gasteiger partial charge is 0.223 e. The van der Waals surface area contributed by atoms with Crippen LogP contribution in [0.3, 0.4) is 0 Å². The second-order valence-electron chi connectivity index (χ2n) is 5.89. The fourth-order valence-electron chi connectivity index (χ4n) is 3.32. The number of hydrogen-bond acceptors (Lipinski definition) is 1. The first kappa shape index (κ1) is 16.9. The molecule has 0 heterocycles. The zero-order valence-electron chi connectivity index (χ0n) is 13.9. The Balaban J connectivity index is 2.33. The molecule has 0 radical (unpaired) electrons. The molecule has 0 aliphatic heterocycles. The van der Waals surface area contributed by atoms with Crippen LogP contribution in [-0.2, 0) is 5.54 Å². The molecule has 2 heteroatoms. The van der Waals surface area contributed by atoms with Crippen LogP contribution >= 0.6 is 16.1 Å². The standard InChI is InChI=1S/C22H22BrN/c1-2-18-24(23)22(19-12-6-3-7-13-19,20-14-8-4-9-15-20)21-16-10-5-11-17-21/h3-17H,2,18H2,1H3. The summed E-state index contributed by atoms with van der Waals surface area (Å²) in [4.78, 5) is 0. The van der Waals surface area contributed by atoms with Gasteiger partial charge in [0.2, 0.25) is 0 Å². The summed E-state index contributed by atoms with van der Waals surface area (Å²) < 4.78 is 2.29. The molecule has 3 rings (SSSR count). The van der Waals surface area contributed by atoms with E-state index in [9.17, 15) is 0 Å². The number of rotatable bonds is 6. The van der Waals surface area contributed by atoms with Crippen molar-refractivity contribution in [2.24, 2.45) is 0 Å². The molecule has 0 N–H and O–H groups in total. The highest BCUT2D eigenvalue weighted by Crippen LogP contribution is 2.44. The fourth-order valence-corrected chi connectivity index (χ4v) is 4.29. The topological polar surface area (TPSA) is 3.24 Å². The van der Waals surface area contributed by atoms with Gasteiger partial charge >= 0.3 is 0 Å². The van der Waals surface area contributed by atoms with Crippen molar-refractivity contribution in [2.45, 2.75) is 18.9 Å². The van der Waals surface area contributed by atoms with Crippen LogP contribution in [0.1, 0.15) is 30.0 Å². The van der Waals surface area contributed by atoms with Crippen molar-refractivity contribution in [1.29, 1.82) is 0 Å². The highest BCUT2D eigenvalue weighted by Gasteiger charge is 2.40. The summed E-state index contributed by atoms with van der Waals surface area (Å²) in [6.45, 7) is 3.15. The van der Waals surface area contributed by atoms with Gasteiger partial charge in [-0.05, 0) is 23.1 Å². The minimum absolute atomic E-state index is 0.361. The van der Waals surface area contributed by atoms with Crippen LogP contribution in [0.25, 0.3) is 0 Å². The van der Waals surface area contributed by atoms with Gasteiger partial charge < -0.3 is 0 Å². The summed E-state index contributed by atoms with van der Waals surface area (Å²) in [6, 6.07) is 32.2. The first-order valence-electron chi connectivity index (χ1n) is 8.40. The lowest BCUT2D eigenvalue weighted by molar-refractivity contribution is 0.318. The number of hydrogen-bond donors (Lipinski definition) is 0. The first-order chi connectivity index (χ1) is 11.8. The predicted molar refractivity (Wildman–Crippen MR) is 105 cm³/mol. The molecular weight excluding hydrogens is 358 g/mol. The van der Waals surface area contributed by atoms with Crippen LogP contribution in [-0.4, -0.2) is 10.5 Å². The molecule has 24 heavy (non-hydrogen) atoms. The van der Waals surface area contributed by atoms with Gasteiger partial charge in [-0.1, -0.05) is 97.9 Å². The summed E-state index contributed by atoms with van der Waals surface area (Å²) in [5.41, 5.74) is 3.41. The molecule has 0 amide bonds. The molecule has 1 nitrogen and oxygen atoms in total. The van der Waals surface area contributed by atoms with E-state index in [2.05, 4.69) is 118 Å². The van der Waals surface area contributed by atoms with Crippen molar-refractivity contribution >= 4 is 16.1 Å². The molecule has 0 aliphatic rings. The molecule has 0 atom stereocenters. The van der Waals surface area contributed by atoms with Crippen LogP contribution in [0, 0.1) is 0 Å². The lowest BCUT2D eigenvalue weighted by Gasteiger charge is -2.42. The van der Waals surface area contributed by atoms with Gasteiger partial charge in [-0.25, -0.2) is 3.93 Å². The van der Waals surface area contributed by atoms with Gasteiger partial charge in [0.15, 0.2) is 0 Å². The van der Waals surface area contributed by atoms with Gasteiger partial charge in [0.25, 0.3) is 0 Å². The Morgan fingerprint density at radius 3 is 1.29 bits per heavy atom. The maximum absolute atomic E-state index is 3.91. The second kappa shape index (κ2) is 7.78. The third-order valence-corrected chi connectivity index (χ3v) is 5.25. The number of nitrogens with zero attached hydrogens (tertiary/aromatic N) is 1. The molecular formula is C22H22BrN. The van der Waals surface area contributed by atoms with E-state index in [-0.39, 0.29) is 5.54 Å². The predicted octanol–water partition coefficient (Wildman–Crippen LogP) is 6.00. The van der Waals surface area contributed by atoms with E-state index in [0.717, 1.165) is 13.0 Å². The fraction of sp³-hybridized carbons (Fsp3) is 0.182. The van der Waals surface area contributed by atoms with Crippen LogP contribution < -0.4 is 0 Å². The molecule has 0 bridgehead atoms. The van der Waals surface area contributed by atoms with Gasteiger partial charge in [0, 0.05) is 22.7 Å². The summed E-state index contributed by atoms with van der Waals surface area (Å²) in [5.74, 6) is 0. The molecule has 0 unspecified atom stereocenters. The first-order valence-corrected chi connectivity index (χ1v) is 9.11. The highest BCUT2D eigenvalue weighted by molar-refractivity contribution is 9.07.